The Balaban J connectivity index is 4.34. The second-order valence-corrected chi connectivity index (χ2v) is 4.90. The highest BCUT2D eigenvalue weighted by atomic mass is 16.4. The van der Waals surface area contributed by atoms with Crippen LogP contribution in [0.2, 0.25) is 0 Å². The van der Waals surface area contributed by atoms with Gasteiger partial charge in [0.15, 0.2) is 0 Å². The normalized spacial score (nSPS) is 13.6. The van der Waals surface area contributed by atoms with E-state index in [0.29, 0.717) is 0 Å². The zero-order valence-corrected chi connectivity index (χ0v) is 12.1. The highest BCUT2D eigenvalue weighted by molar-refractivity contribution is 5.88. The summed E-state index contributed by atoms with van der Waals surface area (Å²) in [5, 5.41) is 13.7. The molecule has 1 atom stereocenters. The molecule has 0 bridgehead atoms. The van der Waals surface area contributed by atoms with Crippen molar-refractivity contribution in [3.05, 3.63) is 0 Å². The van der Waals surface area contributed by atoms with Gasteiger partial charge in [-0.05, 0) is 27.2 Å². The van der Waals surface area contributed by atoms with Crippen molar-refractivity contribution in [2.24, 2.45) is 0 Å². The van der Waals surface area contributed by atoms with Crippen molar-refractivity contribution in [3.8, 4) is 0 Å². The topological polar surface area (TPSA) is 98.7 Å². The van der Waals surface area contributed by atoms with Gasteiger partial charge in [-0.15, -0.1) is 0 Å². The molecule has 0 aromatic carbocycles. The molecule has 0 aromatic heterocycles. The fraction of sp³-hybridized carbons (Fsp3) is 0.750. The molecule has 110 valence electrons. The first-order valence-corrected chi connectivity index (χ1v) is 6.19. The molecule has 0 radical (unpaired) electrons. The van der Waals surface area contributed by atoms with Gasteiger partial charge in [-0.3, -0.25) is 4.79 Å². The van der Waals surface area contributed by atoms with Gasteiger partial charge in [-0.1, -0.05) is 6.92 Å². The smallest absolute Gasteiger partial charge is 0.329 e. The Kier molecular flexibility index (Phi) is 6.31. The maximum atomic E-state index is 11.6. The van der Waals surface area contributed by atoms with Gasteiger partial charge in [0.1, 0.15) is 5.54 Å². The van der Waals surface area contributed by atoms with Crippen LogP contribution in [0.1, 0.15) is 34.1 Å². The lowest BCUT2D eigenvalue weighted by Gasteiger charge is -2.25. The number of carboxylic acid groups (broad SMARTS) is 1. The first kappa shape index (κ1) is 17.2. The quantitative estimate of drug-likeness (QED) is 0.652. The van der Waals surface area contributed by atoms with Crippen molar-refractivity contribution in [2.45, 2.75) is 45.7 Å². The van der Waals surface area contributed by atoms with E-state index in [0.717, 1.165) is 0 Å². The Labute approximate surface area is 113 Å². The van der Waals surface area contributed by atoms with Crippen LogP contribution in [0.25, 0.3) is 0 Å². The van der Waals surface area contributed by atoms with Gasteiger partial charge >= 0.3 is 12.0 Å². The van der Waals surface area contributed by atoms with E-state index in [4.69, 9.17) is 5.11 Å². The minimum atomic E-state index is -1.34. The summed E-state index contributed by atoms with van der Waals surface area (Å²) >= 11 is 0. The number of hydrogen-bond acceptors (Lipinski definition) is 3. The fourth-order valence-electron chi connectivity index (χ4n) is 1.16. The van der Waals surface area contributed by atoms with Crippen LogP contribution in [0.15, 0.2) is 0 Å². The molecule has 0 aliphatic heterocycles. The number of amides is 3. The molecule has 0 aromatic rings. The minimum Gasteiger partial charge on any atom is -0.480 e. The molecule has 0 spiro atoms. The summed E-state index contributed by atoms with van der Waals surface area (Å²) in [7, 11) is 1.64. The van der Waals surface area contributed by atoms with Crippen molar-refractivity contribution in [3.63, 3.8) is 0 Å². The van der Waals surface area contributed by atoms with Gasteiger partial charge in [-0.2, -0.15) is 0 Å². The lowest BCUT2D eigenvalue weighted by Crippen LogP contribution is -2.56. The monoisotopic (exact) mass is 273 g/mol. The van der Waals surface area contributed by atoms with Crippen LogP contribution < -0.4 is 10.6 Å². The zero-order valence-electron chi connectivity index (χ0n) is 12.1. The molecule has 0 aliphatic rings. The highest BCUT2D eigenvalue weighted by Crippen LogP contribution is 2.08. The second kappa shape index (κ2) is 6.96. The maximum Gasteiger partial charge on any atom is 0.329 e. The van der Waals surface area contributed by atoms with E-state index >= 15 is 0 Å². The molecule has 3 N–H and O–H groups in total. The van der Waals surface area contributed by atoms with Crippen molar-refractivity contribution in [2.75, 3.05) is 13.6 Å². The van der Waals surface area contributed by atoms with Gasteiger partial charge < -0.3 is 20.6 Å². The average Bonchev–Trinajstić information content (AvgIpc) is 2.34. The maximum absolute atomic E-state index is 11.6. The Morgan fingerprint density at radius 2 is 1.84 bits per heavy atom. The third kappa shape index (κ3) is 5.15. The lowest BCUT2D eigenvalue weighted by atomic mass is 10.00. The number of carboxylic acids is 1. The summed E-state index contributed by atoms with van der Waals surface area (Å²) in [6.45, 7) is 6.62. The number of hydrogen-bond donors (Lipinski definition) is 3. The minimum absolute atomic E-state index is 0.0392. The molecule has 7 heteroatoms. The van der Waals surface area contributed by atoms with Gasteiger partial charge in [0.2, 0.25) is 5.91 Å². The molecule has 0 saturated heterocycles. The zero-order chi connectivity index (χ0) is 15.2. The van der Waals surface area contributed by atoms with Crippen LogP contribution in [-0.4, -0.2) is 53.1 Å². The molecule has 19 heavy (non-hydrogen) atoms. The van der Waals surface area contributed by atoms with Crippen LogP contribution in [0.5, 0.6) is 0 Å². The molecule has 7 nitrogen and oxygen atoms in total. The van der Waals surface area contributed by atoms with Crippen molar-refractivity contribution >= 4 is 17.9 Å². The SMILES string of the molecule is CCC(C)(NC(=O)NCC(=O)N(C)C(C)C)C(=O)O. The van der Waals surface area contributed by atoms with Gasteiger partial charge in [0.25, 0.3) is 0 Å². The number of aliphatic carboxylic acids is 1. The van der Waals surface area contributed by atoms with E-state index < -0.39 is 17.5 Å². The van der Waals surface area contributed by atoms with Gasteiger partial charge in [0.05, 0.1) is 6.54 Å². The number of nitrogens with one attached hydrogen (secondary N) is 2. The van der Waals surface area contributed by atoms with Crippen molar-refractivity contribution in [1.82, 2.24) is 15.5 Å². The van der Waals surface area contributed by atoms with E-state index in [1.807, 2.05) is 13.8 Å². The molecule has 0 rings (SSSR count). The first-order valence-electron chi connectivity index (χ1n) is 6.19. The summed E-state index contributed by atoms with van der Waals surface area (Å²) in [5.41, 5.74) is -1.34. The molecular formula is C12H23N3O4. The van der Waals surface area contributed by atoms with Crippen LogP contribution in [-0.2, 0) is 9.59 Å². The summed E-state index contributed by atoms with van der Waals surface area (Å²) in [4.78, 5) is 35.7. The summed E-state index contributed by atoms with van der Waals surface area (Å²) < 4.78 is 0. The predicted molar refractivity (Wildman–Crippen MR) is 70.8 cm³/mol. The van der Waals surface area contributed by atoms with E-state index in [1.165, 1.54) is 11.8 Å². The standard InChI is InChI=1S/C12H23N3O4/c1-6-12(4,10(17)18)14-11(19)13-7-9(16)15(5)8(2)3/h8H,6-7H2,1-5H3,(H,17,18)(H2,13,14,19). The molecule has 1 unspecified atom stereocenters. The van der Waals surface area contributed by atoms with E-state index in [9.17, 15) is 14.4 Å². The van der Waals surface area contributed by atoms with Gasteiger partial charge in [-0.25, -0.2) is 9.59 Å². The Hall–Kier alpha value is -1.79. The third-order valence-electron chi connectivity index (χ3n) is 3.14. The first-order chi connectivity index (χ1) is 8.64. The largest absolute Gasteiger partial charge is 0.480 e. The van der Waals surface area contributed by atoms with Crippen LogP contribution in [0.3, 0.4) is 0 Å². The number of carbonyl (C=O) groups excluding carboxylic acids is 2. The Morgan fingerprint density at radius 1 is 1.32 bits per heavy atom. The van der Waals surface area contributed by atoms with Crippen LogP contribution in [0.4, 0.5) is 4.79 Å². The number of likely N-dealkylation sites (N-methyl/N-ethyl adjacent to an activating group) is 1. The molecule has 0 saturated carbocycles. The lowest BCUT2D eigenvalue weighted by molar-refractivity contribution is -0.143. The number of urea groups is 1. The van der Waals surface area contributed by atoms with Crippen molar-refractivity contribution in [1.29, 1.82) is 0 Å². The average molecular weight is 273 g/mol. The third-order valence-corrected chi connectivity index (χ3v) is 3.14. The number of rotatable bonds is 6. The Bertz CT molecular complexity index is 357. The molecule has 0 fully saturated rings. The molecular weight excluding hydrogens is 250 g/mol. The van der Waals surface area contributed by atoms with Crippen LogP contribution in [0, 0.1) is 0 Å². The van der Waals surface area contributed by atoms with E-state index in [-0.39, 0.29) is 24.9 Å². The predicted octanol–water partition coefficient (Wildman–Crippen LogP) is 0.406. The highest BCUT2D eigenvalue weighted by Gasteiger charge is 2.32. The van der Waals surface area contributed by atoms with Crippen molar-refractivity contribution < 1.29 is 19.5 Å². The summed E-state index contributed by atoms with van der Waals surface area (Å²) in [6.07, 6.45) is 0.246. The summed E-state index contributed by atoms with van der Waals surface area (Å²) in [5.74, 6) is -1.35. The fourth-order valence-corrected chi connectivity index (χ4v) is 1.16. The van der Waals surface area contributed by atoms with Crippen LogP contribution >= 0.6 is 0 Å². The molecule has 3 amide bonds. The molecule has 0 aliphatic carbocycles. The number of nitrogens with zero attached hydrogens (tertiary/aromatic N) is 1. The summed E-state index contributed by atoms with van der Waals surface area (Å²) in [6, 6.07) is -0.630. The Morgan fingerprint density at radius 3 is 2.21 bits per heavy atom. The number of carbonyl (C=O) groups is 3. The van der Waals surface area contributed by atoms with E-state index in [2.05, 4.69) is 10.6 Å². The molecule has 0 heterocycles. The van der Waals surface area contributed by atoms with Gasteiger partial charge in [0, 0.05) is 13.1 Å². The van der Waals surface area contributed by atoms with E-state index in [1.54, 1.807) is 14.0 Å². The second-order valence-electron chi connectivity index (χ2n) is 4.90.